The number of fused-ring (bicyclic) bond motifs is 1. The second-order valence-corrected chi connectivity index (χ2v) is 7.55. The van der Waals surface area contributed by atoms with Crippen molar-refractivity contribution < 1.29 is 9.18 Å². The van der Waals surface area contributed by atoms with Gasteiger partial charge in [0.05, 0.1) is 35.4 Å². The first-order chi connectivity index (χ1) is 14.0. The summed E-state index contributed by atoms with van der Waals surface area (Å²) < 4.78 is 14.8. The van der Waals surface area contributed by atoms with Gasteiger partial charge < -0.3 is 5.32 Å². The topological polar surface area (TPSA) is 76.9 Å². The van der Waals surface area contributed by atoms with Crippen LogP contribution in [0.4, 0.5) is 4.39 Å². The molecule has 29 heavy (non-hydrogen) atoms. The predicted molar refractivity (Wildman–Crippen MR) is 110 cm³/mol. The molecule has 0 radical (unpaired) electrons. The summed E-state index contributed by atoms with van der Waals surface area (Å²) in [5, 5.41) is 3.24. The van der Waals surface area contributed by atoms with E-state index in [1.54, 1.807) is 25.3 Å². The standard InChI is InChI=1S/C21H17FN4O2S/c1-13-17-20(29-18(13)19(27)24-10-16-7-2-3-8-23-16)25-12-26(21(17)28)11-14-5-4-6-15(22)9-14/h2-9,12H,10-11H2,1H3,(H,24,27). The van der Waals surface area contributed by atoms with Crippen LogP contribution in [0.15, 0.2) is 59.8 Å². The van der Waals surface area contributed by atoms with Crippen LogP contribution in [0.25, 0.3) is 10.2 Å². The van der Waals surface area contributed by atoms with Crippen molar-refractivity contribution >= 4 is 27.5 Å². The summed E-state index contributed by atoms with van der Waals surface area (Å²) in [7, 11) is 0. The average molecular weight is 408 g/mol. The molecule has 0 saturated heterocycles. The highest BCUT2D eigenvalue weighted by Gasteiger charge is 2.19. The average Bonchev–Trinajstić information content (AvgIpc) is 3.06. The van der Waals surface area contributed by atoms with Crippen molar-refractivity contribution in [1.29, 1.82) is 0 Å². The maximum atomic E-state index is 13.4. The lowest BCUT2D eigenvalue weighted by atomic mass is 10.2. The second kappa shape index (κ2) is 7.92. The second-order valence-electron chi connectivity index (χ2n) is 6.55. The number of nitrogens with zero attached hydrogens (tertiary/aromatic N) is 3. The first-order valence-electron chi connectivity index (χ1n) is 8.94. The smallest absolute Gasteiger partial charge is 0.262 e. The minimum atomic E-state index is -0.358. The van der Waals surface area contributed by atoms with E-state index in [2.05, 4.69) is 15.3 Å². The van der Waals surface area contributed by atoms with E-state index in [0.29, 0.717) is 32.8 Å². The van der Waals surface area contributed by atoms with E-state index in [4.69, 9.17) is 0 Å². The molecular formula is C21H17FN4O2S. The Morgan fingerprint density at radius 1 is 1.21 bits per heavy atom. The van der Waals surface area contributed by atoms with Crippen LogP contribution < -0.4 is 10.9 Å². The summed E-state index contributed by atoms with van der Waals surface area (Å²) in [6, 6.07) is 11.6. The van der Waals surface area contributed by atoms with Gasteiger partial charge in [0.15, 0.2) is 0 Å². The summed E-state index contributed by atoms with van der Waals surface area (Å²) in [6.45, 7) is 2.24. The number of amides is 1. The van der Waals surface area contributed by atoms with E-state index >= 15 is 0 Å². The van der Waals surface area contributed by atoms with E-state index in [9.17, 15) is 14.0 Å². The Kier molecular flexibility index (Phi) is 5.18. The number of halogens is 1. The Balaban J connectivity index is 1.62. The van der Waals surface area contributed by atoms with E-state index < -0.39 is 0 Å². The zero-order valence-corrected chi connectivity index (χ0v) is 16.4. The highest BCUT2D eigenvalue weighted by atomic mass is 32.1. The minimum Gasteiger partial charge on any atom is -0.346 e. The van der Waals surface area contributed by atoms with Crippen molar-refractivity contribution in [3.05, 3.63) is 92.9 Å². The Morgan fingerprint density at radius 3 is 2.83 bits per heavy atom. The van der Waals surface area contributed by atoms with Crippen molar-refractivity contribution in [3.63, 3.8) is 0 Å². The number of hydrogen-bond donors (Lipinski definition) is 1. The van der Waals surface area contributed by atoms with Crippen molar-refractivity contribution in [2.45, 2.75) is 20.0 Å². The third-order valence-electron chi connectivity index (χ3n) is 4.52. The van der Waals surface area contributed by atoms with Gasteiger partial charge >= 0.3 is 0 Å². The fourth-order valence-corrected chi connectivity index (χ4v) is 4.13. The number of benzene rings is 1. The fourth-order valence-electron chi connectivity index (χ4n) is 3.07. The number of carbonyl (C=O) groups is 1. The summed E-state index contributed by atoms with van der Waals surface area (Å²) in [5.41, 5.74) is 1.75. The molecule has 0 aliphatic heterocycles. The molecule has 6 nitrogen and oxygen atoms in total. The number of pyridine rings is 1. The summed E-state index contributed by atoms with van der Waals surface area (Å²) in [6.07, 6.45) is 3.10. The van der Waals surface area contributed by atoms with Crippen LogP contribution in [0.1, 0.15) is 26.5 Å². The monoisotopic (exact) mass is 408 g/mol. The molecule has 0 aliphatic rings. The molecule has 1 N–H and O–H groups in total. The molecule has 0 unspecified atom stereocenters. The molecule has 4 aromatic rings. The zero-order chi connectivity index (χ0) is 20.4. The van der Waals surface area contributed by atoms with Crippen molar-refractivity contribution in [3.8, 4) is 0 Å². The number of aromatic nitrogens is 3. The van der Waals surface area contributed by atoms with Crippen LogP contribution >= 0.6 is 11.3 Å². The Morgan fingerprint density at radius 2 is 2.07 bits per heavy atom. The van der Waals surface area contributed by atoms with Gasteiger partial charge in [0, 0.05) is 6.20 Å². The largest absolute Gasteiger partial charge is 0.346 e. The summed E-state index contributed by atoms with van der Waals surface area (Å²) >= 11 is 1.18. The molecule has 0 bridgehead atoms. The van der Waals surface area contributed by atoms with Gasteiger partial charge in [-0.1, -0.05) is 18.2 Å². The minimum absolute atomic E-state index is 0.204. The quantitative estimate of drug-likeness (QED) is 0.550. The number of aryl methyl sites for hydroxylation is 1. The lowest BCUT2D eigenvalue weighted by molar-refractivity contribution is 0.0954. The maximum Gasteiger partial charge on any atom is 0.262 e. The van der Waals surface area contributed by atoms with Gasteiger partial charge in [0.1, 0.15) is 10.6 Å². The molecule has 0 saturated carbocycles. The zero-order valence-electron chi connectivity index (χ0n) is 15.6. The third kappa shape index (κ3) is 3.93. The molecule has 1 aromatic carbocycles. The number of carbonyl (C=O) groups excluding carboxylic acids is 1. The normalized spacial score (nSPS) is 11.0. The first-order valence-corrected chi connectivity index (χ1v) is 9.75. The van der Waals surface area contributed by atoms with Crippen LogP contribution in [0.3, 0.4) is 0 Å². The molecule has 3 aromatic heterocycles. The lowest BCUT2D eigenvalue weighted by Crippen LogP contribution is -2.23. The van der Waals surface area contributed by atoms with Gasteiger partial charge in [-0.2, -0.15) is 0 Å². The van der Waals surface area contributed by atoms with E-state index in [-0.39, 0.29) is 23.8 Å². The molecule has 3 heterocycles. The predicted octanol–water partition coefficient (Wildman–Crippen LogP) is 3.28. The van der Waals surface area contributed by atoms with Gasteiger partial charge in [0.25, 0.3) is 11.5 Å². The Labute approximate surface area is 169 Å². The molecule has 146 valence electrons. The van der Waals surface area contributed by atoms with E-state index in [1.807, 2.05) is 18.2 Å². The molecule has 0 atom stereocenters. The number of thiophene rings is 1. The number of rotatable bonds is 5. The van der Waals surface area contributed by atoms with Crippen LogP contribution in [0.5, 0.6) is 0 Å². The lowest BCUT2D eigenvalue weighted by Gasteiger charge is -2.06. The van der Waals surface area contributed by atoms with Crippen molar-refractivity contribution in [2.75, 3.05) is 0 Å². The molecule has 0 fully saturated rings. The molecule has 0 spiro atoms. The van der Waals surface area contributed by atoms with E-state index in [1.165, 1.54) is 34.4 Å². The molecule has 8 heteroatoms. The van der Waals surface area contributed by atoms with Gasteiger partial charge in [-0.3, -0.25) is 19.1 Å². The van der Waals surface area contributed by atoms with Crippen molar-refractivity contribution in [1.82, 2.24) is 19.9 Å². The van der Waals surface area contributed by atoms with Crippen LogP contribution in [0.2, 0.25) is 0 Å². The summed E-state index contributed by atoms with van der Waals surface area (Å²) in [4.78, 5) is 35.0. The Bertz CT molecular complexity index is 1250. The SMILES string of the molecule is Cc1c(C(=O)NCc2ccccn2)sc2ncn(Cc3cccc(F)c3)c(=O)c12. The van der Waals surface area contributed by atoms with Gasteiger partial charge in [-0.25, -0.2) is 9.37 Å². The number of nitrogens with one attached hydrogen (secondary N) is 1. The van der Waals surface area contributed by atoms with Crippen molar-refractivity contribution in [2.24, 2.45) is 0 Å². The Hall–Kier alpha value is -3.39. The highest BCUT2D eigenvalue weighted by Crippen LogP contribution is 2.26. The molecule has 1 amide bonds. The molecule has 0 aliphatic carbocycles. The van der Waals surface area contributed by atoms with Crippen LogP contribution in [-0.2, 0) is 13.1 Å². The maximum absolute atomic E-state index is 13.4. The van der Waals surface area contributed by atoms with Gasteiger partial charge in [0.2, 0.25) is 0 Å². The highest BCUT2D eigenvalue weighted by molar-refractivity contribution is 7.20. The summed E-state index contributed by atoms with van der Waals surface area (Å²) in [5.74, 6) is -0.629. The van der Waals surface area contributed by atoms with Crippen LogP contribution in [-0.4, -0.2) is 20.4 Å². The fraction of sp³-hybridized carbons (Fsp3) is 0.143. The number of hydrogen-bond acceptors (Lipinski definition) is 5. The molecule has 4 rings (SSSR count). The van der Waals surface area contributed by atoms with Gasteiger partial charge in [-0.05, 0) is 42.3 Å². The van der Waals surface area contributed by atoms with Crippen LogP contribution in [0, 0.1) is 12.7 Å². The third-order valence-corrected chi connectivity index (χ3v) is 5.72. The first kappa shape index (κ1) is 18.9. The molecular weight excluding hydrogens is 391 g/mol. The van der Waals surface area contributed by atoms with E-state index in [0.717, 1.165) is 5.69 Å². The van der Waals surface area contributed by atoms with Gasteiger partial charge in [-0.15, -0.1) is 11.3 Å².